The van der Waals surface area contributed by atoms with Gasteiger partial charge < -0.3 is 10.2 Å². The van der Waals surface area contributed by atoms with Gasteiger partial charge in [-0.05, 0) is 12.8 Å². The molecule has 0 aliphatic heterocycles. The number of Topliss-reactive ketones (excluding diaryl/α,β-unsaturated/α-hetero) is 2. The molecule has 1 fully saturated rings. The van der Waals surface area contributed by atoms with E-state index >= 15 is 0 Å². The molecular weight excluding hydrogens is 208 g/mol. The summed E-state index contributed by atoms with van der Waals surface area (Å²) in [5, 5.41) is 17.8. The van der Waals surface area contributed by atoms with Gasteiger partial charge in [0.05, 0.1) is 5.92 Å². The van der Waals surface area contributed by atoms with Crippen molar-refractivity contribution in [2.45, 2.75) is 51.0 Å². The molecule has 0 aromatic carbocycles. The molecule has 0 bridgehead atoms. The molecule has 2 N–H and O–H groups in total. The standard InChI is InChI=1S/C12H20O4/c13-7-5-3-1-2-4-6-9-10(14)8-11(15)12(9)16/h9,11,13,15H,1-8H2/t9-,11?/m1/s1. The zero-order valence-corrected chi connectivity index (χ0v) is 9.52. The Morgan fingerprint density at radius 2 is 1.69 bits per heavy atom. The van der Waals surface area contributed by atoms with Gasteiger partial charge in [-0.2, -0.15) is 0 Å². The Morgan fingerprint density at radius 1 is 1.06 bits per heavy atom. The molecule has 4 heteroatoms. The fourth-order valence-electron chi connectivity index (χ4n) is 2.12. The van der Waals surface area contributed by atoms with Crippen molar-refractivity contribution < 1.29 is 19.8 Å². The van der Waals surface area contributed by atoms with Crippen molar-refractivity contribution in [1.82, 2.24) is 0 Å². The van der Waals surface area contributed by atoms with Crippen molar-refractivity contribution in [1.29, 1.82) is 0 Å². The number of carbonyl (C=O) groups excluding carboxylic acids is 2. The predicted octanol–water partition coefficient (Wildman–Crippen LogP) is 0.838. The topological polar surface area (TPSA) is 74.6 Å². The van der Waals surface area contributed by atoms with Gasteiger partial charge in [0.15, 0.2) is 5.78 Å². The van der Waals surface area contributed by atoms with Crippen molar-refractivity contribution >= 4 is 11.6 Å². The molecule has 0 heterocycles. The number of hydrogen-bond donors (Lipinski definition) is 2. The van der Waals surface area contributed by atoms with E-state index in [1.54, 1.807) is 0 Å². The normalized spacial score (nSPS) is 25.4. The van der Waals surface area contributed by atoms with Gasteiger partial charge in [-0.25, -0.2) is 0 Å². The lowest BCUT2D eigenvalue weighted by Crippen LogP contribution is -2.19. The van der Waals surface area contributed by atoms with E-state index in [9.17, 15) is 14.7 Å². The Hall–Kier alpha value is -0.740. The second-order valence-corrected chi connectivity index (χ2v) is 4.42. The number of rotatable bonds is 7. The lowest BCUT2D eigenvalue weighted by Gasteiger charge is -2.06. The maximum Gasteiger partial charge on any atom is 0.172 e. The molecule has 16 heavy (non-hydrogen) atoms. The Kier molecular flexibility index (Phi) is 5.63. The summed E-state index contributed by atoms with van der Waals surface area (Å²) in [6.45, 7) is 0.228. The molecule has 92 valence electrons. The third-order valence-corrected chi connectivity index (χ3v) is 3.11. The zero-order valence-electron chi connectivity index (χ0n) is 9.52. The number of ketones is 2. The first-order valence-corrected chi connectivity index (χ1v) is 6.02. The van der Waals surface area contributed by atoms with Crippen LogP contribution in [0, 0.1) is 5.92 Å². The number of unbranched alkanes of at least 4 members (excludes halogenated alkanes) is 4. The summed E-state index contributed by atoms with van der Waals surface area (Å²) in [6, 6.07) is 0. The maximum absolute atomic E-state index is 11.4. The molecule has 4 nitrogen and oxygen atoms in total. The van der Waals surface area contributed by atoms with E-state index in [4.69, 9.17) is 5.11 Å². The average Bonchev–Trinajstić information content (AvgIpc) is 2.49. The second-order valence-electron chi connectivity index (χ2n) is 4.42. The average molecular weight is 228 g/mol. The van der Waals surface area contributed by atoms with Crippen molar-refractivity contribution in [2.24, 2.45) is 5.92 Å². The largest absolute Gasteiger partial charge is 0.396 e. The summed E-state index contributed by atoms with van der Waals surface area (Å²) < 4.78 is 0. The van der Waals surface area contributed by atoms with Crippen LogP contribution in [0.2, 0.25) is 0 Å². The van der Waals surface area contributed by atoms with Crippen LogP contribution in [0.5, 0.6) is 0 Å². The lowest BCUT2D eigenvalue weighted by molar-refractivity contribution is -0.130. The van der Waals surface area contributed by atoms with Crippen LogP contribution in [0.25, 0.3) is 0 Å². The third-order valence-electron chi connectivity index (χ3n) is 3.11. The fraction of sp³-hybridized carbons (Fsp3) is 0.833. The zero-order chi connectivity index (χ0) is 12.0. The van der Waals surface area contributed by atoms with Crippen LogP contribution in [-0.4, -0.2) is 34.5 Å². The van der Waals surface area contributed by atoms with E-state index in [-0.39, 0.29) is 24.6 Å². The highest BCUT2D eigenvalue weighted by atomic mass is 16.3. The van der Waals surface area contributed by atoms with Gasteiger partial charge in [0.2, 0.25) is 0 Å². The van der Waals surface area contributed by atoms with Crippen molar-refractivity contribution in [2.75, 3.05) is 6.61 Å². The van der Waals surface area contributed by atoms with Gasteiger partial charge >= 0.3 is 0 Å². The number of aliphatic hydroxyl groups excluding tert-OH is 2. The minimum Gasteiger partial charge on any atom is -0.396 e. The van der Waals surface area contributed by atoms with Crippen LogP contribution in [-0.2, 0) is 9.59 Å². The first-order chi connectivity index (χ1) is 7.66. The molecule has 1 aliphatic carbocycles. The summed E-state index contributed by atoms with van der Waals surface area (Å²) in [7, 11) is 0. The number of aliphatic hydroxyl groups is 2. The van der Waals surface area contributed by atoms with E-state index < -0.39 is 12.0 Å². The summed E-state index contributed by atoms with van der Waals surface area (Å²) in [5.74, 6) is -0.943. The highest BCUT2D eigenvalue weighted by molar-refractivity contribution is 6.11. The molecule has 0 aromatic rings. The van der Waals surface area contributed by atoms with Crippen LogP contribution in [0.15, 0.2) is 0 Å². The fourth-order valence-corrected chi connectivity index (χ4v) is 2.12. The van der Waals surface area contributed by atoms with Crippen LogP contribution in [0.1, 0.15) is 44.9 Å². The Morgan fingerprint density at radius 3 is 2.25 bits per heavy atom. The molecule has 1 unspecified atom stereocenters. The summed E-state index contributed by atoms with van der Waals surface area (Å²) in [5.41, 5.74) is 0. The molecule has 1 aliphatic rings. The van der Waals surface area contributed by atoms with Crippen LogP contribution >= 0.6 is 0 Å². The monoisotopic (exact) mass is 228 g/mol. The molecule has 0 amide bonds. The van der Waals surface area contributed by atoms with E-state index in [2.05, 4.69) is 0 Å². The molecule has 2 atom stereocenters. The minimum absolute atomic E-state index is 0.00795. The Labute approximate surface area is 95.7 Å². The van der Waals surface area contributed by atoms with Gasteiger partial charge in [-0.15, -0.1) is 0 Å². The quantitative estimate of drug-likeness (QED) is 0.500. The Bertz CT molecular complexity index is 249. The maximum atomic E-state index is 11.4. The molecule has 0 aromatic heterocycles. The van der Waals surface area contributed by atoms with Gasteiger partial charge in [0.1, 0.15) is 11.9 Å². The second kappa shape index (κ2) is 6.76. The van der Waals surface area contributed by atoms with E-state index in [0.29, 0.717) is 6.42 Å². The van der Waals surface area contributed by atoms with Crippen LogP contribution in [0.4, 0.5) is 0 Å². The van der Waals surface area contributed by atoms with Crippen LogP contribution in [0.3, 0.4) is 0 Å². The van der Waals surface area contributed by atoms with Crippen LogP contribution < -0.4 is 0 Å². The highest BCUT2D eigenvalue weighted by Gasteiger charge is 2.39. The SMILES string of the molecule is O=C1CC(O)C(=O)[C@@H]1CCCCCCCO. The summed E-state index contributed by atoms with van der Waals surface area (Å²) in [4.78, 5) is 22.7. The Balaban J connectivity index is 2.13. The van der Waals surface area contributed by atoms with Gasteiger partial charge in [-0.1, -0.05) is 25.7 Å². The van der Waals surface area contributed by atoms with Crippen molar-refractivity contribution in [3.8, 4) is 0 Å². The van der Waals surface area contributed by atoms with E-state index in [0.717, 1.165) is 32.1 Å². The predicted molar refractivity (Wildman–Crippen MR) is 58.9 cm³/mol. The lowest BCUT2D eigenvalue weighted by atomic mass is 9.97. The molecule has 0 radical (unpaired) electrons. The van der Waals surface area contributed by atoms with E-state index in [1.807, 2.05) is 0 Å². The minimum atomic E-state index is -1.05. The van der Waals surface area contributed by atoms with Gasteiger partial charge in [0, 0.05) is 13.0 Å². The van der Waals surface area contributed by atoms with Gasteiger partial charge in [0.25, 0.3) is 0 Å². The first kappa shape index (κ1) is 13.3. The molecule has 0 saturated heterocycles. The smallest absolute Gasteiger partial charge is 0.172 e. The number of hydrogen-bond acceptors (Lipinski definition) is 4. The molecule has 1 rings (SSSR count). The van der Waals surface area contributed by atoms with Crippen molar-refractivity contribution in [3.05, 3.63) is 0 Å². The third kappa shape index (κ3) is 3.68. The summed E-state index contributed by atoms with van der Waals surface area (Å²) in [6.07, 6.45) is 4.20. The van der Waals surface area contributed by atoms with E-state index in [1.165, 1.54) is 0 Å². The molecular formula is C12H20O4. The molecule has 1 saturated carbocycles. The molecule has 0 spiro atoms. The van der Waals surface area contributed by atoms with Gasteiger partial charge in [-0.3, -0.25) is 9.59 Å². The summed E-state index contributed by atoms with van der Waals surface area (Å²) >= 11 is 0. The van der Waals surface area contributed by atoms with Crippen molar-refractivity contribution in [3.63, 3.8) is 0 Å². The number of carbonyl (C=O) groups is 2. The highest BCUT2D eigenvalue weighted by Crippen LogP contribution is 2.23. The first-order valence-electron chi connectivity index (χ1n) is 6.02.